The molecule has 0 saturated heterocycles. The van der Waals surface area contributed by atoms with Crippen LogP contribution in [0.3, 0.4) is 0 Å². The molecule has 0 fully saturated rings. The highest BCUT2D eigenvalue weighted by Crippen LogP contribution is 2.34. The molecular formula is C19H17N3O6S. The number of nitrogens with one attached hydrogen (secondary N) is 2. The average molecular weight is 415 g/mol. The van der Waals surface area contributed by atoms with E-state index in [-0.39, 0.29) is 26.6 Å². The Morgan fingerprint density at radius 3 is 2.59 bits per heavy atom. The second kappa shape index (κ2) is 7.76. The largest absolute Gasteiger partial charge is 0.493 e. The molecule has 4 N–H and O–H groups in total. The predicted octanol–water partition coefficient (Wildman–Crippen LogP) is 2.43. The normalized spacial score (nSPS) is 10.6. The fraction of sp³-hybridized carbons (Fsp3) is 0.158. The third-order valence-electron chi connectivity index (χ3n) is 4.21. The highest BCUT2D eigenvalue weighted by molar-refractivity contribution is 7.18. The van der Waals surface area contributed by atoms with E-state index in [0.29, 0.717) is 22.3 Å². The quantitative estimate of drug-likeness (QED) is 0.546. The van der Waals surface area contributed by atoms with Gasteiger partial charge in [-0.15, -0.1) is 11.3 Å². The van der Waals surface area contributed by atoms with Crippen molar-refractivity contribution in [3.05, 3.63) is 51.4 Å². The third kappa shape index (κ3) is 3.57. The molecular weight excluding hydrogens is 398 g/mol. The van der Waals surface area contributed by atoms with Crippen LogP contribution in [0.4, 0.5) is 5.00 Å². The molecule has 2 heterocycles. The van der Waals surface area contributed by atoms with Crippen LogP contribution in [0.2, 0.25) is 0 Å². The van der Waals surface area contributed by atoms with Crippen LogP contribution in [0.25, 0.3) is 11.0 Å². The third-order valence-corrected chi connectivity index (χ3v) is 5.43. The number of methoxy groups -OCH3 is 2. The summed E-state index contributed by atoms with van der Waals surface area (Å²) in [6, 6.07) is 6.58. The van der Waals surface area contributed by atoms with Crippen LogP contribution in [0.15, 0.2) is 28.7 Å². The number of benzene rings is 1. The van der Waals surface area contributed by atoms with Gasteiger partial charge in [-0.1, -0.05) is 12.1 Å². The Morgan fingerprint density at radius 1 is 1.24 bits per heavy atom. The van der Waals surface area contributed by atoms with Gasteiger partial charge in [0.1, 0.15) is 10.6 Å². The van der Waals surface area contributed by atoms with Crippen molar-refractivity contribution in [3.63, 3.8) is 0 Å². The number of amides is 2. The van der Waals surface area contributed by atoms with Gasteiger partial charge in [-0.2, -0.15) is 0 Å². The number of thiophene rings is 1. The Kier molecular flexibility index (Phi) is 5.37. The van der Waals surface area contributed by atoms with Gasteiger partial charge in [0.2, 0.25) is 5.55 Å². The van der Waals surface area contributed by atoms with Crippen LogP contribution in [0.5, 0.6) is 5.75 Å². The van der Waals surface area contributed by atoms with Gasteiger partial charge in [0.25, 0.3) is 11.8 Å². The van der Waals surface area contributed by atoms with E-state index in [1.54, 1.807) is 18.2 Å². The number of hydrogen-bond acceptors (Lipinski definition) is 8. The van der Waals surface area contributed by atoms with Crippen LogP contribution < -0.4 is 21.3 Å². The summed E-state index contributed by atoms with van der Waals surface area (Å²) in [7, 11) is 2.66. The molecule has 150 valence electrons. The van der Waals surface area contributed by atoms with Crippen molar-refractivity contribution in [2.45, 2.75) is 6.92 Å². The van der Waals surface area contributed by atoms with Crippen LogP contribution in [-0.4, -0.2) is 32.0 Å². The fourth-order valence-corrected chi connectivity index (χ4v) is 3.86. The Morgan fingerprint density at radius 2 is 1.97 bits per heavy atom. The molecule has 0 unspecified atom stereocenters. The number of primary amides is 1. The maximum atomic E-state index is 12.8. The first-order valence-electron chi connectivity index (χ1n) is 8.26. The van der Waals surface area contributed by atoms with Gasteiger partial charge < -0.3 is 24.9 Å². The van der Waals surface area contributed by atoms with Gasteiger partial charge >= 0.3 is 5.97 Å². The number of hydrogen-bond donors (Lipinski definition) is 3. The van der Waals surface area contributed by atoms with Crippen LogP contribution in [0, 0.1) is 12.3 Å². The van der Waals surface area contributed by atoms with Crippen LogP contribution in [0.1, 0.15) is 36.0 Å². The number of carbonyl (C=O) groups excluding carboxylic acids is 3. The van der Waals surface area contributed by atoms with E-state index in [1.807, 2.05) is 0 Å². The molecule has 0 spiro atoms. The Balaban J connectivity index is 2.06. The van der Waals surface area contributed by atoms with Gasteiger partial charge in [0.05, 0.1) is 24.7 Å². The van der Waals surface area contributed by atoms with Crippen LogP contribution >= 0.6 is 11.3 Å². The first-order chi connectivity index (χ1) is 13.8. The first-order valence-corrected chi connectivity index (χ1v) is 9.08. The number of nitrogens with two attached hydrogens (primary N) is 1. The monoisotopic (exact) mass is 415 g/mol. The minimum absolute atomic E-state index is 0.0329. The predicted molar refractivity (Wildman–Crippen MR) is 105 cm³/mol. The molecule has 0 saturated carbocycles. The number of ether oxygens (including phenoxy) is 2. The highest BCUT2D eigenvalue weighted by Gasteiger charge is 2.26. The number of carbonyl (C=O) groups is 3. The Bertz CT molecular complexity index is 1210. The topological polar surface area (TPSA) is 145 Å². The van der Waals surface area contributed by atoms with Crippen molar-refractivity contribution in [1.29, 1.82) is 5.41 Å². The average Bonchev–Trinajstić information content (AvgIpc) is 3.02. The molecule has 2 aromatic heterocycles. The van der Waals surface area contributed by atoms with E-state index in [9.17, 15) is 14.4 Å². The number of rotatable bonds is 5. The lowest BCUT2D eigenvalue weighted by molar-refractivity contribution is 0.0601. The zero-order valence-corrected chi connectivity index (χ0v) is 16.6. The minimum atomic E-state index is -0.730. The zero-order chi connectivity index (χ0) is 21.3. The summed E-state index contributed by atoms with van der Waals surface area (Å²) in [5.74, 6) is -1.71. The maximum absolute atomic E-state index is 12.8. The second-order valence-electron chi connectivity index (χ2n) is 5.94. The summed E-state index contributed by atoms with van der Waals surface area (Å²) in [4.78, 5) is 36.7. The summed E-state index contributed by atoms with van der Waals surface area (Å²) in [6.07, 6.45) is 0. The highest BCUT2D eigenvalue weighted by atomic mass is 32.1. The van der Waals surface area contributed by atoms with Crippen molar-refractivity contribution in [1.82, 2.24) is 0 Å². The summed E-state index contributed by atoms with van der Waals surface area (Å²) < 4.78 is 15.4. The van der Waals surface area contributed by atoms with Crippen molar-refractivity contribution in [2.75, 3.05) is 19.5 Å². The van der Waals surface area contributed by atoms with E-state index < -0.39 is 17.8 Å². The molecule has 29 heavy (non-hydrogen) atoms. The lowest BCUT2D eigenvalue weighted by Crippen LogP contribution is -2.21. The van der Waals surface area contributed by atoms with E-state index >= 15 is 0 Å². The summed E-state index contributed by atoms with van der Waals surface area (Å²) in [5, 5.41) is 11.3. The Hall–Kier alpha value is -3.66. The molecule has 0 aliphatic carbocycles. The summed E-state index contributed by atoms with van der Waals surface area (Å²) in [5.41, 5.74) is 5.57. The molecule has 9 nitrogen and oxygen atoms in total. The lowest BCUT2D eigenvalue weighted by Gasteiger charge is -2.08. The van der Waals surface area contributed by atoms with Gasteiger partial charge in [-0.05, 0) is 24.6 Å². The molecule has 2 amide bonds. The number of anilines is 1. The maximum Gasteiger partial charge on any atom is 0.341 e. The molecule has 3 rings (SSSR count). The molecule has 0 atom stereocenters. The zero-order valence-electron chi connectivity index (χ0n) is 15.7. The molecule has 0 aliphatic heterocycles. The molecule has 0 radical (unpaired) electrons. The minimum Gasteiger partial charge on any atom is -0.493 e. The van der Waals surface area contributed by atoms with Gasteiger partial charge in [-0.3, -0.25) is 15.0 Å². The smallest absolute Gasteiger partial charge is 0.341 e. The number of esters is 1. The fourth-order valence-electron chi connectivity index (χ4n) is 2.82. The first kappa shape index (κ1) is 20.1. The van der Waals surface area contributed by atoms with E-state index in [0.717, 1.165) is 11.3 Å². The van der Waals surface area contributed by atoms with Crippen molar-refractivity contribution >= 4 is 45.1 Å². The second-order valence-corrected chi connectivity index (χ2v) is 6.96. The number of para-hydroxylation sites is 1. The number of fused-ring (bicyclic) bond motifs is 1. The Labute approximate surface area is 168 Å². The molecule has 0 bridgehead atoms. The molecule has 0 aliphatic rings. The van der Waals surface area contributed by atoms with Crippen molar-refractivity contribution < 1.29 is 28.3 Å². The molecule has 10 heteroatoms. The van der Waals surface area contributed by atoms with E-state index in [4.69, 9.17) is 25.0 Å². The summed E-state index contributed by atoms with van der Waals surface area (Å²) >= 11 is 0.857. The van der Waals surface area contributed by atoms with E-state index in [2.05, 4.69) is 5.32 Å². The summed E-state index contributed by atoms with van der Waals surface area (Å²) in [6.45, 7) is 1.53. The van der Waals surface area contributed by atoms with E-state index in [1.165, 1.54) is 27.2 Å². The van der Waals surface area contributed by atoms with Crippen LogP contribution in [-0.2, 0) is 4.74 Å². The molecule has 1 aromatic carbocycles. The lowest BCUT2D eigenvalue weighted by atomic mass is 10.1. The van der Waals surface area contributed by atoms with Crippen molar-refractivity contribution in [2.24, 2.45) is 5.73 Å². The van der Waals surface area contributed by atoms with Gasteiger partial charge in [0, 0.05) is 5.39 Å². The SMILES string of the molecule is COC(=O)c1c(NC(=O)c2cc3cccc(OC)c3oc2=N)sc(C(N)=O)c1C. The van der Waals surface area contributed by atoms with Gasteiger partial charge in [-0.25, -0.2) is 4.79 Å². The standard InChI is InChI=1S/C19H17N3O6S/c1-8-12(19(25)27-3)18(29-14(8)15(20)23)22-17(24)10-7-9-5-4-6-11(26-2)13(9)28-16(10)21/h4-7,21H,1-3H3,(H2,20,23)(H,22,24). The molecule has 3 aromatic rings. The van der Waals surface area contributed by atoms with Crippen molar-refractivity contribution in [3.8, 4) is 5.75 Å². The van der Waals surface area contributed by atoms with Gasteiger partial charge in [0.15, 0.2) is 11.3 Å².